The van der Waals surface area contributed by atoms with Crippen molar-refractivity contribution in [1.29, 1.82) is 0 Å². The minimum Gasteiger partial charge on any atom is -0.353 e. The third-order valence-electron chi connectivity index (χ3n) is 6.74. The molecule has 1 N–H and O–H groups in total. The molecule has 9 heteroatoms. The minimum atomic E-state index is -3.78. The highest BCUT2D eigenvalue weighted by atomic mass is 79.9. The van der Waals surface area contributed by atoms with Crippen LogP contribution >= 0.6 is 15.9 Å². The monoisotopic (exact) mass is 511 g/mol. The van der Waals surface area contributed by atoms with Crippen molar-refractivity contribution in [2.45, 2.75) is 69.2 Å². The second-order valence-electron chi connectivity index (χ2n) is 8.73. The normalized spacial score (nSPS) is 20.8. The molecule has 1 saturated heterocycles. The SMILES string of the molecule is CCC(=O)N1CCc2cc(Br)cc(S(=O)(=O)N3CCC(C(=O)NC4CCCC4)CC3)c21. The second-order valence-corrected chi connectivity index (χ2v) is 11.6. The Morgan fingerprint density at radius 2 is 1.77 bits per heavy atom. The van der Waals surface area contributed by atoms with Crippen LogP contribution in [0.25, 0.3) is 0 Å². The smallest absolute Gasteiger partial charge is 0.245 e. The first kappa shape index (κ1) is 22.7. The van der Waals surface area contributed by atoms with Crippen LogP contribution in [0.3, 0.4) is 0 Å². The highest BCUT2D eigenvalue weighted by Crippen LogP contribution is 2.39. The number of benzene rings is 1. The molecule has 4 rings (SSSR count). The molecular weight excluding hydrogens is 482 g/mol. The van der Waals surface area contributed by atoms with Gasteiger partial charge in [-0.3, -0.25) is 9.59 Å². The van der Waals surface area contributed by atoms with Gasteiger partial charge in [-0.25, -0.2) is 8.42 Å². The molecule has 0 atom stereocenters. The molecule has 2 fully saturated rings. The van der Waals surface area contributed by atoms with Crippen LogP contribution < -0.4 is 10.2 Å². The molecule has 2 amide bonds. The summed E-state index contributed by atoms with van der Waals surface area (Å²) in [7, 11) is -3.78. The topological polar surface area (TPSA) is 86.8 Å². The Balaban J connectivity index is 1.51. The van der Waals surface area contributed by atoms with E-state index in [2.05, 4.69) is 21.2 Å². The first-order chi connectivity index (χ1) is 14.8. The zero-order valence-corrected chi connectivity index (χ0v) is 20.3. The number of anilines is 1. The van der Waals surface area contributed by atoms with Gasteiger partial charge in [-0.15, -0.1) is 0 Å². The first-order valence-corrected chi connectivity index (χ1v) is 13.5. The zero-order valence-electron chi connectivity index (χ0n) is 17.9. The second kappa shape index (κ2) is 9.19. The van der Waals surface area contributed by atoms with Crippen molar-refractivity contribution in [1.82, 2.24) is 9.62 Å². The fraction of sp³-hybridized carbons (Fsp3) is 0.636. The molecule has 1 aromatic rings. The summed E-state index contributed by atoms with van der Waals surface area (Å²) < 4.78 is 29.3. The summed E-state index contributed by atoms with van der Waals surface area (Å²) >= 11 is 3.44. The molecule has 31 heavy (non-hydrogen) atoms. The summed E-state index contributed by atoms with van der Waals surface area (Å²) in [4.78, 5) is 26.8. The van der Waals surface area contributed by atoms with Gasteiger partial charge in [0.15, 0.2) is 0 Å². The lowest BCUT2D eigenvalue weighted by atomic mass is 9.97. The maximum atomic E-state index is 13.6. The molecule has 2 aliphatic heterocycles. The van der Waals surface area contributed by atoms with Gasteiger partial charge >= 0.3 is 0 Å². The molecule has 0 radical (unpaired) electrons. The number of rotatable bonds is 5. The maximum Gasteiger partial charge on any atom is 0.245 e. The van der Waals surface area contributed by atoms with Gasteiger partial charge in [-0.1, -0.05) is 35.7 Å². The number of fused-ring (bicyclic) bond motifs is 1. The van der Waals surface area contributed by atoms with Crippen LogP contribution in [-0.4, -0.2) is 50.2 Å². The van der Waals surface area contributed by atoms with Crippen LogP contribution in [0.15, 0.2) is 21.5 Å². The largest absolute Gasteiger partial charge is 0.353 e. The van der Waals surface area contributed by atoms with Gasteiger partial charge in [-0.05, 0) is 49.8 Å². The van der Waals surface area contributed by atoms with Gasteiger partial charge in [0.2, 0.25) is 21.8 Å². The molecule has 0 aromatic heterocycles. The molecular formula is C22H30BrN3O4S. The number of nitrogens with one attached hydrogen (secondary N) is 1. The Labute approximate surface area is 192 Å². The third kappa shape index (κ3) is 4.54. The molecule has 170 valence electrons. The number of piperidine rings is 1. The lowest BCUT2D eigenvalue weighted by Crippen LogP contribution is -2.45. The zero-order chi connectivity index (χ0) is 22.2. The highest BCUT2D eigenvalue weighted by molar-refractivity contribution is 9.10. The van der Waals surface area contributed by atoms with Gasteiger partial charge in [0, 0.05) is 42.5 Å². The molecule has 2 heterocycles. The predicted molar refractivity (Wildman–Crippen MR) is 122 cm³/mol. The lowest BCUT2D eigenvalue weighted by Gasteiger charge is -2.32. The van der Waals surface area contributed by atoms with Crippen LogP contribution in [0.2, 0.25) is 0 Å². The van der Waals surface area contributed by atoms with Crippen molar-refractivity contribution < 1.29 is 18.0 Å². The van der Waals surface area contributed by atoms with E-state index in [9.17, 15) is 18.0 Å². The number of nitrogens with zero attached hydrogens (tertiary/aromatic N) is 2. The molecule has 1 aliphatic carbocycles. The highest BCUT2D eigenvalue weighted by Gasteiger charge is 2.37. The number of amides is 2. The Morgan fingerprint density at radius 3 is 2.42 bits per heavy atom. The number of carbonyl (C=O) groups is 2. The fourth-order valence-electron chi connectivity index (χ4n) is 4.99. The molecule has 0 unspecified atom stereocenters. The van der Waals surface area contributed by atoms with Crippen LogP contribution in [0, 0.1) is 5.92 Å². The minimum absolute atomic E-state index is 0.0620. The standard InChI is InChI=1S/C22H30BrN3O4S/c1-2-20(27)26-12-9-16-13-17(23)14-19(21(16)26)31(29,30)25-10-7-15(8-11-25)22(28)24-18-5-3-4-6-18/h13-15,18H,2-12H2,1H3,(H,24,28). The van der Waals surface area contributed by atoms with Crippen molar-refractivity contribution in [3.8, 4) is 0 Å². The molecule has 7 nitrogen and oxygen atoms in total. The average Bonchev–Trinajstić information content (AvgIpc) is 3.42. The van der Waals surface area contributed by atoms with Crippen LogP contribution in [0.5, 0.6) is 0 Å². The number of hydrogen-bond donors (Lipinski definition) is 1. The summed E-state index contributed by atoms with van der Waals surface area (Å²) in [6.45, 7) is 2.92. The van der Waals surface area contributed by atoms with Gasteiger partial charge in [-0.2, -0.15) is 4.31 Å². The van der Waals surface area contributed by atoms with Gasteiger partial charge in [0.25, 0.3) is 0 Å². The van der Waals surface area contributed by atoms with E-state index in [0.29, 0.717) is 55.5 Å². The van der Waals surface area contributed by atoms with Crippen molar-refractivity contribution in [3.05, 3.63) is 22.2 Å². The van der Waals surface area contributed by atoms with E-state index in [-0.39, 0.29) is 28.7 Å². The number of hydrogen-bond acceptors (Lipinski definition) is 4. The van der Waals surface area contributed by atoms with Gasteiger partial charge in [0.05, 0.1) is 5.69 Å². The summed E-state index contributed by atoms with van der Waals surface area (Å²) in [6.07, 6.45) is 6.42. The van der Waals surface area contributed by atoms with E-state index < -0.39 is 10.0 Å². The fourth-order valence-corrected chi connectivity index (χ4v) is 7.38. The average molecular weight is 512 g/mol. The van der Waals surface area contributed by atoms with Crippen LogP contribution in [0.1, 0.15) is 57.4 Å². The molecule has 3 aliphatic rings. The van der Waals surface area contributed by atoms with Crippen molar-refractivity contribution in [3.63, 3.8) is 0 Å². The van der Waals surface area contributed by atoms with Crippen molar-refractivity contribution in [2.24, 2.45) is 5.92 Å². The number of carbonyl (C=O) groups excluding carboxylic acids is 2. The van der Waals surface area contributed by atoms with Gasteiger partial charge < -0.3 is 10.2 Å². The Hall–Kier alpha value is -1.45. The van der Waals surface area contributed by atoms with Crippen molar-refractivity contribution >= 4 is 43.5 Å². The van der Waals surface area contributed by atoms with E-state index in [1.54, 1.807) is 17.9 Å². The summed E-state index contributed by atoms with van der Waals surface area (Å²) in [5.41, 5.74) is 1.40. The Bertz CT molecular complexity index is 967. The quantitative estimate of drug-likeness (QED) is 0.657. The first-order valence-electron chi connectivity index (χ1n) is 11.2. The van der Waals surface area contributed by atoms with Gasteiger partial charge in [0.1, 0.15) is 4.90 Å². The molecule has 1 saturated carbocycles. The Kier molecular flexibility index (Phi) is 6.74. The lowest BCUT2D eigenvalue weighted by molar-refractivity contribution is -0.126. The van der Waals surface area contributed by atoms with E-state index in [4.69, 9.17) is 0 Å². The predicted octanol–water partition coefficient (Wildman–Crippen LogP) is 3.21. The summed E-state index contributed by atoms with van der Waals surface area (Å²) in [5.74, 6) is -0.148. The van der Waals surface area contributed by atoms with Crippen molar-refractivity contribution in [2.75, 3.05) is 24.5 Å². The van der Waals surface area contributed by atoms with E-state index in [1.165, 1.54) is 4.31 Å². The Morgan fingerprint density at radius 1 is 1.10 bits per heavy atom. The van der Waals surface area contributed by atoms with Crippen LogP contribution in [-0.2, 0) is 26.0 Å². The third-order valence-corrected chi connectivity index (χ3v) is 9.11. The maximum absolute atomic E-state index is 13.6. The van der Waals surface area contributed by atoms with E-state index >= 15 is 0 Å². The van der Waals surface area contributed by atoms with E-state index in [0.717, 1.165) is 31.2 Å². The van der Waals surface area contributed by atoms with Crippen LogP contribution in [0.4, 0.5) is 5.69 Å². The summed E-state index contributed by atoms with van der Waals surface area (Å²) in [5, 5.41) is 3.14. The number of sulfonamides is 1. The molecule has 0 spiro atoms. The molecule has 1 aromatic carbocycles. The molecule has 0 bridgehead atoms. The number of halogens is 1. The summed E-state index contributed by atoms with van der Waals surface area (Å²) in [6, 6.07) is 3.78. The van der Waals surface area contributed by atoms with E-state index in [1.807, 2.05) is 6.07 Å².